The number of aromatic amines is 1. The van der Waals surface area contributed by atoms with Gasteiger partial charge in [0.1, 0.15) is 10.7 Å². The molecule has 0 spiro atoms. The number of thioether (sulfide) groups is 1. The molecule has 0 saturated carbocycles. The second kappa shape index (κ2) is 10.5. The first kappa shape index (κ1) is 23.4. The number of aryl methyl sites for hydroxylation is 2. The van der Waals surface area contributed by atoms with Crippen LogP contribution in [0.4, 0.5) is 5.69 Å². The summed E-state index contributed by atoms with van der Waals surface area (Å²) in [4.78, 5) is 39.4. The molecule has 1 aromatic carbocycles. The van der Waals surface area contributed by atoms with Crippen LogP contribution in [0.15, 0.2) is 29.1 Å². The fourth-order valence-electron chi connectivity index (χ4n) is 4.95. The molecular formula is C26H32N4O2S2. The predicted octanol–water partition coefficient (Wildman–Crippen LogP) is 4.75. The van der Waals surface area contributed by atoms with Crippen LogP contribution < -0.4 is 10.5 Å². The molecule has 2 aliphatic rings. The number of aromatic nitrogens is 2. The Kier molecular flexibility index (Phi) is 7.25. The van der Waals surface area contributed by atoms with Crippen molar-refractivity contribution in [3.63, 3.8) is 0 Å². The number of nitrogens with one attached hydrogen (secondary N) is 1. The average molecular weight is 497 g/mol. The summed E-state index contributed by atoms with van der Waals surface area (Å²) >= 11 is 3.17. The number of rotatable bonds is 7. The van der Waals surface area contributed by atoms with Crippen LogP contribution in [0.5, 0.6) is 0 Å². The smallest absolute Gasteiger partial charge is 0.259 e. The van der Waals surface area contributed by atoms with Crippen LogP contribution in [0.1, 0.15) is 53.9 Å². The SMILES string of the molecule is CN(Cc1ccc(N2CCCCC2)cc1)C(=O)CSCc1nc2sc3c(c2c(=O)[nH]1)CCCC3. The molecule has 0 bridgehead atoms. The summed E-state index contributed by atoms with van der Waals surface area (Å²) in [6.07, 6.45) is 8.24. The van der Waals surface area contributed by atoms with Gasteiger partial charge in [0, 0.05) is 37.2 Å². The second-order valence-electron chi connectivity index (χ2n) is 9.36. The molecule has 3 aromatic rings. The Labute approximate surface area is 208 Å². The monoisotopic (exact) mass is 496 g/mol. The quantitative estimate of drug-likeness (QED) is 0.511. The summed E-state index contributed by atoms with van der Waals surface area (Å²) in [5.41, 5.74) is 3.59. The van der Waals surface area contributed by atoms with Gasteiger partial charge >= 0.3 is 0 Å². The molecule has 1 saturated heterocycles. The first-order valence-corrected chi connectivity index (χ1v) is 14.2. The van der Waals surface area contributed by atoms with Crippen molar-refractivity contribution in [2.24, 2.45) is 0 Å². The van der Waals surface area contributed by atoms with Crippen molar-refractivity contribution >= 4 is 44.9 Å². The van der Waals surface area contributed by atoms with E-state index in [2.05, 4.69) is 34.1 Å². The number of anilines is 1. The molecule has 3 heterocycles. The minimum Gasteiger partial charge on any atom is -0.372 e. The van der Waals surface area contributed by atoms with Crippen LogP contribution in [0.3, 0.4) is 0 Å². The van der Waals surface area contributed by atoms with Gasteiger partial charge in [-0.3, -0.25) is 9.59 Å². The van der Waals surface area contributed by atoms with Gasteiger partial charge in [0.05, 0.1) is 16.9 Å². The average Bonchev–Trinajstić information content (AvgIpc) is 3.24. The van der Waals surface area contributed by atoms with E-state index in [-0.39, 0.29) is 11.5 Å². The first-order valence-electron chi connectivity index (χ1n) is 12.3. The van der Waals surface area contributed by atoms with Crippen molar-refractivity contribution in [3.8, 4) is 0 Å². The number of fused-ring (bicyclic) bond motifs is 3. The number of benzene rings is 1. The highest BCUT2D eigenvalue weighted by molar-refractivity contribution is 7.99. The van der Waals surface area contributed by atoms with Crippen molar-refractivity contribution in [3.05, 3.63) is 56.4 Å². The lowest BCUT2D eigenvalue weighted by Gasteiger charge is -2.29. The molecule has 0 radical (unpaired) electrons. The fourth-order valence-corrected chi connectivity index (χ4v) is 7.06. The van der Waals surface area contributed by atoms with Crippen molar-refractivity contribution in [1.82, 2.24) is 14.9 Å². The van der Waals surface area contributed by atoms with E-state index >= 15 is 0 Å². The molecule has 5 rings (SSSR count). The summed E-state index contributed by atoms with van der Waals surface area (Å²) < 4.78 is 0. The number of amides is 1. The Hall–Kier alpha value is -2.32. The van der Waals surface area contributed by atoms with Crippen molar-refractivity contribution in [2.45, 2.75) is 57.2 Å². The van der Waals surface area contributed by atoms with Gasteiger partial charge < -0.3 is 14.8 Å². The maximum Gasteiger partial charge on any atom is 0.259 e. The summed E-state index contributed by atoms with van der Waals surface area (Å²) in [5.74, 6) is 1.63. The van der Waals surface area contributed by atoms with Gasteiger partial charge in [-0.05, 0) is 68.2 Å². The number of hydrogen-bond acceptors (Lipinski definition) is 6. The molecule has 1 amide bonds. The Balaban J connectivity index is 1.14. The van der Waals surface area contributed by atoms with E-state index in [1.807, 2.05) is 7.05 Å². The van der Waals surface area contributed by atoms with Crippen LogP contribution in [0.25, 0.3) is 10.2 Å². The zero-order chi connectivity index (χ0) is 23.5. The molecule has 34 heavy (non-hydrogen) atoms. The molecule has 1 aliphatic heterocycles. The maximum atomic E-state index is 12.7. The molecule has 1 N–H and O–H groups in total. The normalized spacial score (nSPS) is 16.0. The van der Waals surface area contributed by atoms with Crippen LogP contribution in [0.2, 0.25) is 0 Å². The lowest BCUT2D eigenvalue weighted by atomic mass is 9.97. The zero-order valence-electron chi connectivity index (χ0n) is 19.8. The predicted molar refractivity (Wildman–Crippen MR) is 142 cm³/mol. The van der Waals surface area contributed by atoms with Crippen LogP contribution >= 0.6 is 23.1 Å². The lowest BCUT2D eigenvalue weighted by Crippen LogP contribution is -2.29. The highest BCUT2D eigenvalue weighted by Gasteiger charge is 2.20. The largest absolute Gasteiger partial charge is 0.372 e. The minimum absolute atomic E-state index is 0.0311. The van der Waals surface area contributed by atoms with Gasteiger partial charge in [-0.15, -0.1) is 23.1 Å². The Morgan fingerprint density at radius 3 is 2.68 bits per heavy atom. The van der Waals surface area contributed by atoms with Crippen molar-refractivity contribution in [1.29, 1.82) is 0 Å². The lowest BCUT2D eigenvalue weighted by molar-refractivity contribution is -0.127. The number of thiophene rings is 1. The number of hydrogen-bond donors (Lipinski definition) is 1. The molecule has 8 heteroatoms. The second-order valence-corrected chi connectivity index (χ2v) is 11.4. The van der Waals surface area contributed by atoms with E-state index in [4.69, 9.17) is 4.98 Å². The molecule has 1 fully saturated rings. The fraction of sp³-hybridized carbons (Fsp3) is 0.500. The van der Waals surface area contributed by atoms with Gasteiger partial charge in [-0.1, -0.05) is 12.1 Å². The van der Waals surface area contributed by atoms with Crippen LogP contribution in [0, 0.1) is 0 Å². The molecule has 1 aliphatic carbocycles. The Morgan fingerprint density at radius 2 is 1.88 bits per heavy atom. The molecule has 6 nitrogen and oxygen atoms in total. The summed E-state index contributed by atoms with van der Waals surface area (Å²) in [6, 6.07) is 8.61. The standard InChI is InChI=1S/C26H32N4O2S2/c1-29(15-18-9-11-19(12-10-18)30-13-5-2-6-14-30)23(31)17-33-16-22-27-25(32)24-20-7-3-4-8-21(20)34-26(24)28-22/h9-12H,2-8,13-17H2,1H3,(H,27,28,32). The number of nitrogens with zero attached hydrogens (tertiary/aromatic N) is 3. The first-order chi connectivity index (χ1) is 16.6. The Bertz CT molecular complexity index is 1210. The highest BCUT2D eigenvalue weighted by atomic mass is 32.2. The van der Waals surface area contributed by atoms with Gasteiger partial charge in [0.15, 0.2) is 0 Å². The van der Waals surface area contributed by atoms with E-state index in [1.54, 1.807) is 16.2 Å². The van der Waals surface area contributed by atoms with Crippen molar-refractivity contribution < 1.29 is 4.79 Å². The third kappa shape index (κ3) is 5.18. The molecule has 2 aromatic heterocycles. The summed E-state index contributed by atoms with van der Waals surface area (Å²) in [7, 11) is 1.85. The molecular weight excluding hydrogens is 464 g/mol. The highest BCUT2D eigenvalue weighted by Crippen LogP contribution is 2.33. The molecule has 0 unspecified atom stereocenters. The van der Waals surface area contributed by atoms with E-state index in [1.165, 1.54) is 53.6 Å². The van der Waals surface area contributed by atoms with Gasteiger partial charge in [-0.2, -0.15) is 0 Å². The third-order valence-corrected chi connectivity index (χ3v) is 8.96. The van der Waals surface area contributed by atoms with Crippen LogP contribution in [-0.4, -0.2) is 46.7 Å². The zero-order valence-corrected chi connectivity index (χ0v) is 21.4. The minimum atomic E-state index is -0.0311. The number of carbonyl (C=O) groups is 1. The van der Waals surface area contributed by atoms with E-state index < -0.39 is 0 Å². The molecule has 180 valence electrons. The number of H-pyrrole nitrogens is 1. The van der Waals surface area contributed by atoms with Crippen LogP contribution in [-0.2, 0) is 29.9 Å². The van der Waals surface area contributed by atoms with Crippen molar-refractivity contribution in [2.75, 3.05) is 30.8 Å². The topological polar surface area (TPSA) is 69.3 Å². The molecule has 0 atom stereocenters. The number of carbonyl (C=O) groups excluding carboxylic acids is 1. The summed E-state index contributed by atoms with van der Waals surface area (Å²) in [5, 5.41) is 0.788. The van der Waals surface area contributed by atoms with Gasteiger partial charge in [0.2, 0.25) is 5.91 Å². The third-order valence-electron chi connectivity index (χ3n) is 6.84. The maximum absolute atomic E-state index is 12.7. The van der Waals surface area contributed by atoms with E-state index in [9.17, 15) is 9.59 Å². The summed E-state index contributed by atoms with van der Waals surface area (Å²) in [6.45, 7) is 2.87. The van der Waals surface area contributed by atoms with Gasteiger partial charge in [0.25, 0.3) is 5.56 Å². The Morgan fingerprint density at radius 1 is 1.12 bits per heavy atom. The van der Waals surface area contributed by atoms with E-state index in [0.717, 1.165) is 48.1 Å². The number of piperidine rings is 1. The van der Waals surface area contributed by atoms with Gasteiger partial charge in [-0.25, -0.2) is 4.98 Å². The van der Waals surface area contributed by atoms with E-state index in [0.29, 0.717) is 23.9 Å².